The van der Waals surface area contributed by atoms with Crippen molar-refractivity contribution in [2.75, 3.05) is 25.1 Å². The summed E-state index contributed by atoms with van der Waals surface area (Å²) in [6.07, 6.45) is 5.19. The number of methoxy groups -OCH3 is 1. The van der Waals surface area contributed by atoms with E-state index < -0.39 is 5.97 Å². The molecule has 0 amide bonds. The van der Waals surface area contributed by atoms with E-state index in [1.165, 1.54) is 13.3 Å². The minimum Gasteiger partial charge on any atom is -0.464 e. The number of carbonyl (C=O) groups excluding carboxylic acids is 1. The second-order valence-electron chi connectivity index (χ2n) is 3.74. The van der Waals surface area contributed by atoms with Crippen LogP contribution in [0.15, 0.2) is 12.4 Å². The Morgan fingerprint density at radius 2 is 1.88 bits per heavy atom. The number of ether oxygens (including phenoxy) is 1. The second kappa shape index (κ2) is 6.83. The lowest BCUT2D eigenvalue weighted by atomic mass is 10.3. The molecule has 0 bridgehead atoms. The van der Waals surface area contributed by atoms with Crippen LogP contribution in [0.1, 0.15) is 37.2 Å². The van der Waals surface area contributed by atoms with E-state index in [1.54, 1.807) is 6.20 Å². The zero-order chi connectivity index (χ0) is 12.7. The molecule has 0 radical (unpaired) electrons. The maximum Gasteiger partial charge on any atom is 0.358 e. The summed E-state index contributed by atoms with van der Waals surface area (Å²) in [6.45, 7) is 6.14. The molecule has 0 aliphatic heterocycles. The van der Waals surface area contributed by atoms with Crippen molar-refractivity contribution in [2.45, 2.75) is 26.7 Å². The van der Waals surface area contributed by atoms with Gasteiger partial charge in [-0.2, -0.15) is 0 Å². The van der Waals surface area contributed by atoms with Gasteiger partial charge in [0.25, 0.3) is 0 Å². The van der Waals surface area contributed by atoms with Crippen molar-refractivity contribution in [3.05, 3.63) is 18.1 Å². The van der Waals surface area contributed by atoms with Gasteiger partial charge in [0, 0.05) is 13.1 Å². The minimum absolute atomic E-state index is 0.240. The Morgan fingerprint density at radius 1 is 1.24 bits per heavy atom. The van der Waals surface area contributed by atoms with Gasteiger partial charge < -0.3 is 9.64 Å². The van der Waals surface area contributed by atoms with Crippen LogP contribution in [0.4, 0.5) is 5.82 Å². The van der Waals surface area contributed by atoms with Gasteiger partial charge in [0.05, 0.1) is 19.5 Å². The zero-order valence-electron chi connectivity index (χ0n) is 10.6. The highest BCUT2D eigenvalue weighted by Crippen LogP contribution is 2.10. The van der Waals surface area contributed by atoms with Crippen molar-refractivity contribution < 1.29 is 9.53 Å². The van der Waals surface area contributed by atoms with Gasteiger partial charge in [-0.15, -0.1) is 0 Å². The average molecular weight is 237 g/mol. The highest BCUT2D eigenvalue weighted by molar-refractivity contribution is 5.86. The molecule has 94 valence electrons. The number of anilines is 1. The van der Waals surface area contributed by atoms with Crippen LogP contribution in [-0.2, 0) is 4.74 Å². The molecule has 1 aromatic heterocycles. The standard InChI is InChI=1S/C12H19N3O2/c1-4-6-15(7-5-2)11-9-13-10(8-14-11)12(16)17-3/h8-9H,4-7H2,1-3H3. The van der Waals surface area contributed by atoms with Crippen molar-refractivity contribution in [3.63, 3.8) is 0 Å². The topological polar surface area (TPSA) is 55.3 Å². The minimum atomic E-state index is -0.457. The number of carbonyl (C=O) groups is 1. The van der Waals surface area contributed by atoms with E-state index in [0.717, 1.165) is 31.7 Å². The number of hydrogen-bond acceptors (Lipinski definition) is 5. The van der Waals surface area contributed by atoms with E-state index in [-0.39, 0.29) is 5.69 Å². The summed E-state index contributed by atoms with van der Waals surface area (Å²) < 4.78 is 4.58. The van der Waals surface area contributed by atoms with E-state index in [2.05, 4.69) is 33.5 Å². The van der Waals surface area contributed by atoms with Crippen LogP contribution in [0, 0.1) is 0 Å². The van der Waals surface area contributed by atoms with Crippen molar-refractivity contribution in [2.24, 2.45) is 0 Å². The first kappa shape index (κ1) is 13.4. The van der Waals surface area contributed by atoms with Gasteiger partial charge in [-0.3, -0.25) is 0 Å². The molecule has 0 N–H and O–H groups in total. The van der Waals surface area contributed by atoms with Crippen LogP contribution in [0.2, 0.25) is 0 Å². The Bertz CT molecular complexity index is 345. The van der Waals surface area contributed by atoms with Crippen LogP contribution < -0.4 is 4.90 Å². The van der Waals surface area contributed by atoms with E-state index in [1.807, 2.05) is 0 Å². The van der Waals surface area contributed by atoms with Crippen LogP contribution >= 0.6 is 0 Å². The lowest BCUT2D eigenvalue weighted by Crippen LogP contribution is -2.26. The third-order valence-corrected chi connectivity index (χ3v) is 2.34. The van der Waals surface area contributed by atoms with Crippen molar-refractivity contribution >= 4 is 11.8 Å². The van der Waals surface area contributed by atoms with E-state index in [4.69, 9.17) is 0 Å². The molecule has 0 fully saturated rings. The van der Waals surface area contributed by atoms with Gasteiger partial charge in [0.1, 0.15) is 5.82 Å². The van der Waals surface area contributed by atoms with Crippen molar-refractivity contribution in [3.8, 4) is 0 Å². The molecule has 0 aromatic carbocycles. The van der Waals surface area contributed by atoms with Gasteiger partial charge in [-0.1, -0.05) is 13.8 Å². The molecule has 1 aromatic rings. The molecule has 1 heterocycles. The summed E-state index contributed by atoms with van der Waals surface area (Å²) in [5, 5.41) is 0. The lowest BCUT2D eigenvalue weighted by Gasteiger charge is -2.21. The Balaban J connectivity index is 2.80. The summed E-state index contributed by atoms with van der Waals surface area (Å²) in [5.41, 5.74) is 0.240. The third kappa shape index (κ3) is 3.69. The molecule has 17 heavy (non-hydrogen) atoms. The van der Waals surface area contributed by atoms with Gasteiger partial charge in [0.2, 0.25) is 0 Å². The van der Waals surface area contributed by atoms with Gasteiger partial charge >= 0.3 is 5.97 Å². The summed E-state index contributed by atoms with van der Waals surface area (Å²) in [7, 11) is 1.33. The van der Waals surface area contributed by atoms with Gasteiger partial charge in [0.15, 0.2) is 5.69 Å². The summed E-state index contributed by atoms with van der Waals surface area (Å²) in [6, 6.07) is 0. The summed E-state index contributed by atoms with van der Waals surface area (Å²) >= 11 is 0. The lowest BCUT2D eigenvalue weighted by molar-refractivity contribution is 0.0593. The largest absolute Gasteiger partial charge is 0.464 e. The van der Waals surface area contributed by atoms with E-state index in [9.17, 15) is 4.79 Å². The first-order valence-electron chi connectivity index (χ1n) is 5.88. The average Bonchev–Trinajstić information content (AvgIpc) is 2.38. The Labute approximate surface area is 102 Å². The maximum atomic E-state index is 11.2. The number of rotatable bonds is 6. The smallest absolute Gasteiger partial charge is 0.358 e. The molecule has 5 nitrogen and oxygen atoms in total. The fourth-order valence-electron chi connectivity index (χ4n) is 1.58. The highest BCUT2D eigenvalue weighted by Gasteiger charge is 2.10. The number of nitrogens with zero attached hydrogens (tertiary/aromatic N) is 3. The molecule has 0 spiro atoms. The molecule has 0 aliphatic carbocycles. The first-order chi connectivity index (χ1) is 8.22. The van der Waals surface area contributed by atoms with Crippen molar-refractivity contribution in [1.29, 1.82) is 0 Å². The normalized spacial score (nSPS) is 10.1. The fourth-order valence-corrected chi connectivity index (χ4v) is 1.58. The highest BCUT2D eigenvalue weighted by atomic mass is 16.5. The number of hydrogen-bond donors (Lipinski definition) is 0. The monoisotopic (exact) mass is 237 g/mol. The summed E-state index contributed by atoms with van der Waals surface area (Å²) in [5.74, 6) is 0.350. The van der Waals surface area contributed by atoms with Crippen LogP contribution in [0.5, 0.6) is 0 Å². The molecule has 0 saturated heterocycles. The summed E-state index contributed by atoms with van der Waals surface area (Å²) in [4.78, 5) is 21.7. The molecule has 0 saturated carbocycles. The van der Waals surface area contributed by atoms with Crippen LogP contribution in [-0.4, -0.2) is 36.1 Å². The molecule has 5 heteroatoms. The SMILES string of the molecule is CCCN(CCC)c1cnc(C(=O)OC)cn1. The second-order valence-corrected chi connectivity index (χ2v) is 3.74. The predicted octanol–water partition coefficient (Wildman–Crippen LogP) is 1.89. The Morgan fingerprint density at radius 3 is 2.29 bits per heavy atom. The first-order valence-corrected chi connectivity index (χ1v) is 5.88. The van der Waals surface area contributed by atoms with E-state index >= 15 is 0 Å². The fraction of sp³-hybridized carbons (Fsp3) is 0.583. The molecule has 0 aliphatic rings. The Hall–Kier alpha value is -1.65. The molecule has 1 rings (SSSR count). The molecular formula is C12H19N3O2. The molecule has 0 atom stereocenters. The number of esters is 1. The van der Waals surface area contributed by atoms with Crippen LogP contribution in [0.25, 0.3) is 0 Å². The zero-order valence-corrected chi connectivity index (χ0v) is 10.6. The quantitative estimate of drug-likeness (QED) is 0.707. The number of aromatic nitrogens is 2. The van der Waals surface area contributed by atoms with E-state index in [0.29, 0.717) is 0 Å². The van der Waals surface area contributed by atoms with Gasteiger partial charge in [-0.05, 0) is 12.8 Å². The third-order valence-electron chi connectivity index (χ3n) is 2.34. The molecule has 0 unspecified atom stereocenters. The molecular weight excluding hydrogens is 218 g/mol. The maximum absolute atomic E-state index is 11.2. The Kier molecular flexibility index (Phi) is 5.39. The van der Waals surface area contributed by atoms with Crippen LogP contribution in [0.3, 0.4) is 0 Å². The van der Waals surface area contributed by atoms with Gasteiger partial charge in [-0.25, -0.2) is 14.8 Å². The predicted molar refractivity (Wildman–Crippen MR) is 66.2 cm³/mol. The van der Waals surface area contributed by atoms with Crippen molar-refractivity contribution in [1.82, 2.24) is 9.97 Å².